The number of hydrogen-bond acceptors (Lipinski definition) is 7. The van der Waals surface area contributed by atoms with Gasteiger partial charge in [-0.2, -0.15) is 0 Å². The van der Waals surface area contributed by atoms with E-state index in [9.17, 15) is 14.9 Å². The molecule has 4 rings (SSSR count). The quantitative estimate of drug-likeness (QED) is 0.217. The van der Waals surface area contributed by atoms with Crippen LogP contribution in [0, 0.1) is 16.0 Å². The highest BCUT2D eigenvalue weighted by molar-refractivity contribution is 7.99. The van der Waals surface area contributed by atoms with Crippen molar-refractivity contribution in [3.05, 3.63) is 62.9 Å². The number of benzene rings is 1. The van der Waals surface area contributed by atoms with E-state index in [-0.39, 0.29) is 17.3 Å². The molecule has 1 atom stereocenters. The van der Waals surface area contributed by atoms with Gasteiger partial charge in [0.2, 0.25) is 5.91 Å². The zero-order valence-corrected chi connectivity index (χ0v) is 19.2. The highest BCUT2D eigenvalue weighted by atomic mass is 32.2. The first-order valence-corrected chi connectivity index (χ1v) is 12.1. The maximum Gasteiger partial charge on any atom is 0.269 e. The van der Waals surface area contributed by atoms with E-state index in [1.807, 2.05) is 4.57 Å². The molecule has 1 unspecified atom stereocenters. The summed E-state index contributed by atoms with van der Waals surface area (Å²) in [5.41, 5.74) is 2.99. The second kappa shape index (κ2) is 9.66. The van der Waals surface area contributed by atoms with Crippen LogP contribution in [-0.4, -0.2) is 31.3 Å². The summed E-state index contributed by atoms with van der Waals surface area (Å²) in [6, 6.07) is 5.75. The largest absolute Gasteiger partial charge is 0.325 e. The summed E-state index contributed by atoms with van der Waals surface area (Å²) < 4.78 is 2.00. The predicted molar refractivity (Wildman–Crippen MR) is 127 cm³/mol. The number of nitro benzene ring substituents is 1. The Kier molecular flexibility index (Phi) is 6.71. The van der Waals surface area contributed by atoms with Crippen LogP contribution in [0.5, 0.6) is 0 Å². The number of nitrogens with zero attached hydrogens (tertiary/aromatic N) is 4. The fourth-order valence-corrected chi connectivity index (χ4v) is 5.74. The number of thiophene rings is 1. The zero-order valence-electron chi connectivity index (χ0n) is 17.6. The van der Waals surface area contributed by atoms with E-state index in [1.165, 1.54) is 52.9 Å². The second-order valence-electron chi connectivity index (χ2n) is 7.75. The van der Waals surface area contributed by atoms with E-state index in [1.54, 1.807) is 17.4 Å². The van der Waals surface area contributed by atoms with Crippen molar-refractivity contribution < 1.29 is 9.72 Å². The molecule has 0 saturated carbocycles. The SMILES string of the molecule is C=CCn1c(SCC(=O)Nc2ccc([N+](=O)[O-])cc2)nnc1-c1csc2c1CCC(C)C2. The van der Waals surface area contributed by atoms with Crippen LogP contribution in [0.25, 0.3) is 11.4 Å². The number of thioether (sulfide) groups is 1. The summed E-state index contributed by atoms with van der Waals surface area (Å²) in [6.07, 6.45) is 5.14. The molecule has 1 aromatic carbocycles. The van der Waals surface area contributed by atoms with Crippen molar-refractivity contribution in [3.63, 3.8) is 0 Å². The Morgan fingerprint density at radius 3 is 2.91 bits per heavy atom. The average Bonchev–Trinajstić information content (AvgIpc) is 3.36. The van der Waals surface area contributed by atoms with Gasteiger partial charge < -0.3 is 5.32 Å². The van der Waals surface area contributed by atoms with E-state index < -0.39 is 4.92 Å². The molecule has 1 N–H and O–H groups in total. The van der Waals surface area contributed by atoms with Crippen LogP contribution in [0.1, 0.15) is 23.8 Å². The number of anilines is 1. The lowest BCUT2D eigenvalue weighted by Crippen LogP contribution is -2.14. The van der Waals surface area contributed by atoms with Crippen LogP contribution in [0.15, 0.2) is 47.5 Å². The van der Waals surface area contributed by atoms with Crippen LogP contribution < -0.4 is 5.32 Å². The van der Waals surface area contributed by atoms with Crippen molar-refractivity contribution in [1.29, 1.82) is 0 Å². The molecule has 0 radical (unpaired) electrons. The smallest absolute Gasteiger partial charge is 0.269 e. The van der Waals surface area contributed by atoms with Gasteiger partial charge in [-0.3, -0.25) is 19.5 Å². The molecule has 0 aliphatic heterocycles. The van der Waals surface area contributed by atoms with E-state index in [2.05, 4.69) is 34.4 Å². The van der Waals surface area contributed by atoms with Gasteiger partial charge in [0.15, 0.2) is 11.0 Å². The molecule has 0 saturated heterocycles. The monoisotopic (exact) mass is 469 g/mol. The van der Waals surface area contributed by atoms with Crippen LogP contribution >= 0.6 is 23.1 Å². The molecule has 2 heterocycles. The van der Waals surface area contributed by atoms with Crippen molar-refractivity contribution in [3.8, 4) is 11.4 Å². The average molecular weight is 470 g/mol. The normalized spacial score (nSPS) is 15.2. The van der Waals surface area contributed by atoms with Crippen LogP contribution in [-0.2, 0) is 24.2 Å². The summed E-state index contributed by atoms with van der Waals surface area (Å²) in [5.74, 6) is 1.45. The molecular weight excluding hydrogens is 446 g/mol. The second-order valence-corrected chi connectivity index (χ2v) is 9.65. The molecule has 32 heavy (non-hydrogen) atoms. The molecule has 2 aromatic heterocycles. The number of carbonyl (C=O) groups is 1. The highest BCUT2D eigenvalue weighted by Crippen LogP contribution is 2.38. The van der Waals surface area contributed by atoms with Gasteiger partial charge in [-0.15, -0.1) is 28.1 Å². The van der Waals surface area contributed by atoms with Crippen molar-refractivity contribution in [2.45, 2.75) is 37.9 Å². The summed E-state index contributed by atoms with van der Waals surface area (Å²) >= 11 is 3.09. The van der Waals surface area contributed by atoms with Gasteiger partial charge in [0.1, 0.15) is 0 Å². The third kappa shape index (κ3) is 4.76. The number of carbonyl (C=O) groups excluding carboxylic acids is 1. The summed E-state index contributed by atoms with van der Waals surface area (Å²) in [4.78, 5) is 24.1. The number of nitrogens with one attached hydrogen (secondary N) is 1. The molecule has 8 nitrogen and oxygen atoms in total. The number of rotatable bonds is 8. The first-order chi connectivity index (χ1) is 15.5. The summed E-state index contributed by atoms with van der Waals surface area (Å²) in [5, 5.41) is 25.1. The molecule has 3 aromatic rings. The zero-order chi connectivity index (χ0) is 22.7. The third-order valence-electron chi connectivity index (χ3n) is 5.37. The van der Waals surface area contributed by atoms with E-state index in [0.29, 0.717) is 23.3 Å². The van der Waals surface area contributed by atoms with Crippen LogP contribution in [0.3, 0.4) is 0 Å². The van der Waals surface area contributed by atoms with Crippen molar-refractivity contribution in [1.82, 2.24) is 14.8 Å². The first kappa shape index (κ1) is 22.2. The standard InChI is InChI=1S/C22H23N5O3S2/c1-3-10-26-21(18-12-31-19-11-14(2)4-9-17(18)19)24-25-22(26)32-13-20(28)23-15-5-7-16(8-6-15)27(29)30/h3,5-8,12,14H,1,4,9-11,13H2,2H3,(H,23,28). The van der Waals surface area contributed by atoms with Gasteiger partial charge in [0.25, 0.3) is 5.69 Å². The molecule has 1 aliphatic carbocycles. The Morgan fingerprint density at radius 2 is 2.19 bits per heavy atom. The Morgan fingerprint density at radius 1 is 1.41 bits per heavy atom. The minimum Gasteiger partial charge on any atom is -0.325 e. The molecule has 1 aliphatic rings. The lowest BCUT2D eigenvalue weighted by Gasteiger charge is -2.19. The Balaban J connectivity index is 1.46. The van der Waals surface area contributed by atoms with Gasteiger partial charge in [0, 0.05) is 40.2 Å². The maximum absolute atomic E-state index is 12.4. The summed E-state index contributed by atoms with van der Waals surface area (Å²) in [6.45, 7) is 6.70. The van der Waals surface area contributed by atoms with E-state index >= 15 is 0 Å². The van der Waals surface area contributed by atoms with Crippen molar-refractivity contribution >= 4 is 40.4 Å². The Labute approximate surface area is 193 Å². The van der Waals surface area contributed by atoms with Gasteiger partial charge in [-0.1, -0.05) is 24.8 Å². The van der Waals surface area contributed by atoms with Crippen molar-refractivity contribution in [2.24, 2.45) is 5.92 Å². The Hall–Kier alpha value is -2.98. The van der Waals surface area contributed by atoms with Crippen LogP contribution in [0.2, 0.25) is 0 Å². The Bertz CT molecular complexity index is 1150. The number of amides is 1. The van der Waals surface area contributed by atoms with Gasteiger partial charge in [0.05, 0.1) is 10.7 Å². The minimum atomic E-state index is -0.476. The number of non-ortho nitro benzene ring substituents is 1. The van der Waals surface area contributed by atoms with E-state index in [0.717, 1.165) is 24.2 Å². The number of fused-ring (bicyclic) bond motifs is 1. The highest BCUT2D eigenvalue weighted by Gasteiger charge is 2.24. The fourth-order valence-electron chi connectivity index (χ4n) is 3.75. The molecule has 0 bridgehead atoms. The molecular formula is C22H23N5O3S2. The predicted octanol–water partition coefficient (Wildman–Crippen LogP) is 4.96. The molecule has 0 fully saturated rings. The number of hydrogen-bond donors (Lipinski definition) is 1. The fraction of sp³-hybridized carbons (Fsp3) is 0.318. The van der Waals surface area contributed by atoms with Gasteiger partial charge in [-0.05, 0) is 42.9 Å². The third-order valence-corrected chi connectivity index (χ3v) is 7.38. The molecule has 0 spiro atoms. The molecule has 166 valence electrons. The number of nitro groups is 1. The first-order valence-electron chi connectivity index (χ1n) is 10.3. The topological polar surface area (TPSA) is 103 Å². The maximum atomic E-state index is 12.4. The van der Waals surface area contributed by atoms with E-state index in [4.69, 9.17) is 0 Å². The minimum absolute atomic E-state index is 0.0208. The van der Waals surface area contributed by atoms with Crippen molar-refractivity contribution in [2.75, 3.05) is 11.1 Å². The molecule has 10 heteroatoms. The van der Waals surface area contributed by atoms with Gasteiger partial charge >= 0.3 is 0 Å². The molecule has 1 amide bonds. The summed E-state index contributed by atoms with van der Waals surface area (Å²) in [7, 11) is 0. The number of aromatic nitrogens is 3. The number of allylic oxidation sites excluding steroid dienone is 1. The lowest BCUT2D eigenvalue weighted by molar-refractivity contribution is -0.384. The van der Waals surface area contributed by atoms with Crippen LogP contribution in [0.4, 0.5) is 11.4 Å². The lowest BCUT2D eigenvalue weighted by atomic mass is 9.88. The van der Waals surface area contributed by atoms with Gasteiger partial charge in [-0.25, -0.2) is 0 Å².